The number of halogens is 1. The maximum Gasteiger partial charge on any atom is 0.165 e. The van der Waals surface area contributed by atoms with Crippen molar-refractivity contribution >= 4 is 0 Å². The first kappa shape index (κ1) is 14.4. The van der Waals surface area contributed by atoms with Crippen LogP contribution in [0.1, 0.15) is 5.69 Å². The van der Waals surface area contributed by atoms with Crippen molar-refractivity contribution in [2.24, 2.45) is 0 Å². The summed E-state index contributed by atoms with van der Waals surface area (Å²) in [6.45, 7) is 0.851. The summed E-state index contributed by atoms with van der Waals surface area (Å²) in [6, 6.07) is 9.73. The number of nitrogens with one attached hydrogen (secondary N) is 1. The van der Waals surface area contributed by atoms with E-state index in [-0.39, 0.29) is 12.4 Å². The number of ether oxygens (including phenoxy) is 1. The van der Waals surface area contributed by atoms with Gasteiger partial charge >= 0.3 is 0 Å². The van der Waals surface area contributed by atoms with E-state index in [9.17, 15) is 9.50 Å². The van der Waals surface area contributed by atoms with Crippen LogP contribution in [0.4, 0.5) is 4.39 Å². The monoisotopic (exact) mass is 277 g/mol. The third-order valence-electron chi connectivity index (χ3n) is 2.58. The fraction of sp³-hybridized carbons (Fsp3) is 0.286. The Kier molecular flexibility index (Phi) is 5.40. The SMILES string of the molecule is OC(CNCc1cccnn1)COc1ccccc1F. The van der Waals surface area contributed by atoms with Gasteiger partial charge in [-0.15, -0.1) is 0 Å². The van der Waals surface area contributed by atoms with Gasteiger partial charge in [0.25, 0.3) is 0 Å². The van der Waals surface area contributed by atoms with Gasteiger partial charge in [-0.1, -0.05) is 12.1 Å². The first-order valence-electron chi connectivity index (χ1n) is 6.28. The Morgan fingerprint density at radius 2 is 2.10 bits per heavy atom. The second-order valence-electron chi connectivity index (χ2n) is 4.24. The van der Waals surface area contributed by atoms with E-state index >= 15 is 0 Å². The molecule has 106 valence electrons. The van der Waals surface area contributed by atoms with Crippen molar-refractivity contribution in [2.45, 2.75) is 12.6 Å². The van der Waals surface area contributed by atoms with Gasteiger partial charge in [-0.05, 0) is 24.3 Å². The minimum Gasteiger partial charge on any atom is -0.488 e. The molecular formula is C14H16FN3O2. The summed E-state index contributed by atoms with van der Waals surface area (Å²) in [5, 5.41) is 20.4. The molecule has 0 aliphatic heterocycles. The first-order valence-corrected chi connectivity index (χ1v) is 6.28. The zero-order valence-electron chi connectivity index (χ0n) is 10.9. The van der Waals surface area contributed by atoms with E-state index in [1.807, 2.05) is 6.07 Å². The Balaban J connectivity index is 1.68. The van der Waals surface area contributed by atoms with Crippen molar-refractivity contribution in [3.8, 4) is 5.75 Å². The number of para-hydroxylation sites is 1. The second-order valence-corrected chi connectivity index (χ2v) is 4.24. The molecule has 0 aliphatic rings. The number of nitrogens with zero attached hydrogens (tertiary/aromatic N) is 2. The highest BCUT2D eigenvalue weighted by Gasteiger charge is 2.07. The third-order valence-corrected chi connectivity index (χ3v) is 2.58. The number of aliphatic hydroxyl groups is 1. The molecule has 0 spiro atoms. The van der Waals surface area contributed by atoms with Gasteiger partial charge < -0.3 is 15.2 Å². The highest BCUT2D eigenvalue weighted by Crippen LogP contribution is 2.15. The molecule has 2 aromatic rings. The minimum atomic E-state index is -0.730. The van der Waals surface area contributed by atoms with Gasteiger partial charge in [0.05, 0.1) is 5.69 Å². The number of rotatable bonds is 7. The van der Waals surface area contributed by atoms with Crippen LogP contribution in [0.25, 0.3) is 0 Å². The van der Waals surface area contributed by atoms with Crippen molar-refractivity contribution < 1.29 is 14.2 Å². The van der Waals surface area contributed by atoms with Gasteiger partial charge in [-0.25, -0.2) is 4.39 Å². The summed E-state index contributed by atoms with van der Waals surface area (Å²) in [5.41, 5.74) is 0.787. The Labute approximate surface area is 116 Å². The zero-order valence-corrected chi connectivity index (χ0v) is 10.9. The molecule has 6 heteroatoms. The molecule has 1 heterocycles. The zero-order chi connectivity index (χ0) is 14.2. The molecule has 1 aromatic heterocycles. The van der Waals surface area contributed by atoms with Crippen molar-refractivity contribution in [2.75, 3.05) is 13.2 Å². The Morgan fingerprint density at radius 3 is 2.85 bits per heavy atom. The van der Waals surface area contributed by atoms with Gasteiger partial charge in [0.15, 0.2) is 11.6 Å². The molecule has 0 saturated carbocycles. The van der Waals surface area contributed by atoms with Crippen molar-refractivity contribution in [1.29, 1.82) is 0 Å². The van der Waals surface area contributed by atoms with Crippen molar-refractivity contribution in [1.82, 2.24) is 15.5 Å². The van der Waals surface area contributed by atoms with E-state index in [0.29, 0.717) is 13.1 Å². The van der Waals surface area contributed by atoms with Crippen molar-refractivity contribution in [3.63, 3.8) is 0 Å². The topological polar surface area (TPSA) is 67.3 Å². The van der Waals surface area contributed by atoms with Gasteiger partial charge in [0.1, 0.15) is 12.7 Å². The van der Waals surface area contributed by atoms with Gasteiger partial charge in [0, 0.05) is 19.3 Å². The Hall–Kier alpha value is -2.05. The molecule has 5 nitrogen and oxygen atoms in total. The summed E-state index contributed by atoms with van der Waals surface area (Å²) in [5.74, 6) is -0.298. The fourth-order valence-electron chi connectivity index (χ4n) is 1.60. The number of aliphatic hydroxyl groups excluding tert-OH is 1. The van der Waals surface area contributed by atoms with E-state index in [0.717, 1.165) is 5.69 Å². The molecule has 1 atom stereocenters. The minimum absolute atomic E-state index is 0.0222. The van der Waals surface area contributed by atoms with E-state index < -0.39 is 11.9 Å². The lowest BCUT2D eigenvalue weighted by Gasteiger charge is -2.13. The Morgan fingerprint density at radius 1 is 1.25 bits per heavy atom. The highest BCUT2D eigenvalue weighted by molar-refractivity contribution is 5.23. The van der Waals surface area contributed by atoms with Crippen LogP contribution in [0.3, 0.4) is 0 Å². The molecule has 20 heavy (non-hydrogen) atoms. The molecule has 0 bridgehead atoms. The number of aromatic nitrogens is 2. The third kappa shape index (κ3) is 4.56. The summed E-state index contributed by atoms with van der Waals surface area (Å²) < 4.78 is 18.5. The van der Waals surface area contributed by atoms with Gasteiger partial charge in [-0.2, -0.15) is 10.2 Å². The van der Waals surface area contributed by atoms with Crippen LogP contribution >= 0.6 is 0 Å². The standard InChI is InChI=1S/C14H16FN3O2/c15-13-5-1-2-6-14(13)20-10-12(19)9-16-8-11-4-3-7-17-18-11/h1-7,12,16,19H,8-10H2. The normalized spacial score (nSPS) is 12.1. The maximum absolute atomic E-state index is 13.3. The lowest BCUT2D eigenvalue weighted by molar-refractivity contribution is 0.104. The smallest absolute Gasteiger partial charge is 0.165 e. The van der Waals surface area contributed by atoms with Gasteiger partial charge in [0.2, 0.25) is 0 Å². The van der Waals surface area contributed by atoms with Gasteiger partial charge in [-0.3, -0.25) is 0 Å². The van der Waals surface area contributed by atoms with Crippen LogP contribution in [-0.4, -0.2) is 34.6 Å². The number of benzene rings is 1. The quantitative estimate of drug-likeness (QED) is 0.794. The van der Waals surface area contributed by atoms with Crippen LogP contribution < -0.4 is 10.1 Å². The molecule has 0 radical (unpaired) electrons. The first-order chi connectivity index (χ1) is 9.75. The lowest BCUT2D eigenvalue weighted by atomic mass is 10.3. The molecule has 2 rings (SSSR count). The molecule has 1 unspecified atom stereocenters. The van der Waals surface area contributed by atoms with Crippen LogP contribution in [0.2, 0.25) is 0 Å². The highest BCUT2D eigenvalue weighted by atomic mass is 19.1. The molecule has 1 aromatic carbocycles. The number of hydrogen-bond acceptors (Lipinski definition) is 5. The summed E-state index contributed by atoms with van der Waals surface area (Å²) in [4.78, 5) is 0. The van der Waals surface area contributed by atoms with E-state index in [1.54, 1.807) is 24.4 Å². The largest absolute Gasteiger partial charge is 0.488 e. The Bertz CT molecular complexity index is 525. The summed E-state index contributed by atoms with van der Waals surface area (Å²) in [7, 11) is 0. The molecule has 0 fully saturated rings. The van der Waals surface area contributed by atoms with Crippen molar-refractivity contribution in [3.05, 3.63) is 54.1 Å². The molecule has 0 amide bonds. The average molecular weight is 277 g/mol. The van der Waals surface area contributed by atoms with Crippen LogP contribution in [0, 0.1) is 5.82 Å². The molecule has 0 aliphatic carbocycles. The maximum atomic E-state index is 13.3. The molecule has 0 saturated heterocycles. The molecular weight excluding hydrogens is 261 g/mol. The lowest BCUT2D eigenvalue weighted by Crippen LogP contribution is -2.31. The molecule has 2 N–H and O–H groups in total. The predicted molar refractivity (Wildman–Crippen MR) is 71.6 cm³/mol. The van der Waals surface area contributed by atoms with Crippen LogP contribution in [-0.2, 0) is 6.54 Å². The predicted octanol–water partition coefficient (Wildman–Crippen LogP) is 1.15. The fourth-order valence-corrected chi connectivity index (χ4v) is 1.60. The number of hydrogen-bond donors (Lipinski definition) is 2. The summed E-state index contributed by atoms with van der Waals surface area (Å²) >= 11 is 0. The van der Waals surface area contributed by atoms with E-state index in [2.05, 4.69) is 15.5 Å². The van der Waals surface area contributed by atoms with Crippen LogP contribution in [0.15, 0.2) is 42.6 Å². The summed E-state index contributed by atoms with van der Waals surface area (Å²) in [6.07, 6.45) is 0.868. The average Bonchev–Trinajstić information content (AvgIpc) is 2.47. The van der Waals surface area contributed by atoms with E-state index in [1.165, 1.54) is 12.1 Å². The van der Waals surface area contributed by atoms with Crippen LogP contribution in [0.5, 0.6) is 5.75 Å². The second kappa shape index (κ2) is 7.52. The van der Waals surface area contributed by atoms with E-state index in [4.69, 9.17) is 4.74 Å².